The van der Waals surface area contributed by atoms with E-state index in [-0.39, 0.29) is 17.2 Å². The lowest BCUT2D eigenvalue weighted by atomic mass is 10.0. The van der Waals surface area contributed by atoms with Crippen molar-refractivity contribution in [1.29, 1.82) is 0 Å². The third-order valence-electron chi connectivity index (χ3n) is 3.34. The first kappa shape index (κ1) is 17.4. The van der Waals surface area contributed by atoms with Crippen molar-refractivity contribution >= 4 is 11.9 Å². The minimum atomic E-state index is -1.10. The minimum absolute atomic E-state index is 0.0199. The van der Waals surface area contributed by atoms with E-state index >= 15 is 0 Å². The number of amides is 1. The zero-order valence-electron chi connectivity index (χ0n) is 13.5. The smallest absolute Gasteiger partial charge is 0.326 e. The average Bonchev–Trinajstić information content (AvgIpc) is 2.54. The number of rotatable bonds is 6. The van der Waals surface area contributed by atoms with E-state index in [9.17, 15) is 19.5 Å². The first-order chi connectivity index (χ1) is 11.4. The first-order valence-electron chi connectivity index (χ1n) is 7.58. The van der Waals surface area contributed by atoms with Gasteiger partial charge in [-0.3, -0.25) is 9.59 Å². The Morgan fingerprint density at radius 1 is 1.17 bits per heavy atom. The van der Waals surface area contributed by atoms with Gasteiger partial charge in [-0.1, -0.05) is 32.0 Å². The van der Waals surface area contributed by atoms with Gasteiger partial charge in [0, 0.05) is 6.07 Å². The van der Waals surface area contributed by atoms with Crippen molar-refractivity contribution in [2.24, 2.45) is 5.92 Å². The van der Waals surface area contributed by atoms with Crippen LogP contribution in [0.2, 0.25) is 0 Å². The molecule has 0 saturated carbocycles. The van der Waals surface area contributed by atoms with E-state index in [1.54, 1.807) is 30.3 Å². The van der Waals surface area contributed by atoms with Gasteiger partial charge in [0.25, 0.3) is 11.5 Å². The number of hydrogen-bond acceptors (Lipinski definition) is 4. The molecule has 24 heavy (non-hydrogen) atoms. The molecule has 1 amide bonds. The van der Waals surface area contributed by atoms with E-state index in [0.29, 0.717) is 12.1 Å². The van der Waals surface area contributed by atoms with Crippen LogP contribution < -0.4 is 10.9 Å². The largest absolute Gasteiger partial charge is 0.480 e. The van der Waals surface area contributed by atoms with Gasteiger partial charge in [0.2, 0.25) is 0 Å². The van der Waals surface area contributed by atoms with Gasteiger partial charge in [0.15, 0.2) is 0 Å². The summed E-state index contributed by atoms with van der Waals surface area (Å²) in [4.78, 5) is 35.5. The Morgan fingerprint density at radius 2 is 1.83 bits per heavy atom. The van der Waals surface area contributed by atoms with Crippen LogP contribution in [0.3, 0.4) is 0 Å². The maximum Gasteiger partial charge on any atom is 0.326 e. The molecular weight excluding hydrogens is 310 g/mol. The molecule has 2 aromatic rings. The number of carboxylic acids is 1. The summed E-state index contributed by atoms with van der Waals surface area (Å²) in [5, 5.41) is 15.7. The van der Waals surface area contributed by atoms with Gasteiger partial charge in [-0.05, 0) is 30.5 Å². The number of carbonyl (C=O) groups excluding carboxylic acids is 1. The van der Waals surface area contributed by atoms with Crippen molar-refractivity contribution in [3.8, 4) is 5.69 Å². The molecule has 2 rings (SSSR count). The van der Waals surface area contributed by atoms with Crippen molar-refractivity contribution in [2.45, 2.75) is 26.3 Å². The molecule has 126 valence electrons. The van der Waals surface area contributed by atoms with E-state index in [1.165, 1.54) is 12.1 Å². The predicted octanol–water partition coefficient (Wildman–Crippen LogP) is 1.46. The van der Waals surface area contributed by atoms with Crippen LogP contribution in [0, 0.1) is 5.92 Å². The van der Waals surface area contributed by atoms with Crippen molar-refractivity contribution in [3.05, 3.63) is 58.5 Å². The monoisotopic (exact) mass is 329 g/mol. The van der Waals surface area contributed by atoms with Crippen molar-refractivity contribution < 1.29 is 14.7 Å². The fraction of sp³-hybridized carbons (Fsp3) is 0.294. The summed E-state index contributed by atoms with van der Waals surface area (Å²) in [7, 11) is 0. The average molecular weight is 329 g/mol. The molecule has 7 nitrogen and oxygen atoms in total. The molecule has 0 aliphatic rings. The first-order valence-corrected chi connectivity index (χ1v) is 7.58. The molecule has 7 heteroatoms. The van der Waals surface area contributed by atoms with Crippen LogP contribution in [0.4, 0.5) is 0 Å². The summed E-state index contributed by atoms with van der Waals surface area (Å²) in [6, 6.07) is 10.2. The highest BCUT2D eigenvalue weighted by Gasteiger charge is 2.22. The second-order valence-corrected chi connectivity index (χ2v) is 5.80. The van der Waals surface area contributed by atoms with Crippen LogP contribution in [0.1, 0.15) is 30.8 Å². The zero-order chi connectivity index (χ0) is 17.7. The van der Waals surface area contributed by atoms with Gasteiger partial charge in [0.1, 0.15) is 11.7 Å². The normalized spacial score (nSPS) is 12.0. The highest BCUT2D eigenvalue weighted by Crippen LogP contribution is 2.07. The Labute approximate surface area is 138 Å². The standard InChI is InChI=1S/C17H19N3O4/c1-11(2)10-14(17(23)24)18-16(22)13-8-9-15(21)20(19-13)12-6-4-3-5-7-12/h3-9,11,14H,10H2,1-2H3,(H,18,22)(H,23,24)/t14-/m0/s1. The molecule has 0 fully saturated rings. The van der Waals surface area contributed by atoms with Crippen LogP contribution in [0.5, 0.6) is 0 Å². The lowest BCUT2D eigenvalue weighted by Gasteiger charge is -2.16. The molecule has 1 atom stereocenters. The highest BCUT2D eigenvalue weighted by atomic mass is 16.4. The summed E-state index contributed by atoms with van der Waals surface area (Å²) in [6.07, 6.45) is 0.305. The minimum Gasteiger partial charge on any atom is -0.480 e. The van der Waals surface area contributed by atoms with Gasteiger partial charge in [-0.25, -0.2) is 4.79 Å². The van der Waals surface area contributed by atoms with E-state index in [4.69, 9.17) is 0 Å². The molecule has 0 aliphatic carbocycles. The van der Waals surface area contributed by atoms with Gasteiger partial charge >= 0.3 is 5.97 Å². The van der Waals surface area contributed by atoms with Gasteiger partial charge < -0.3 is 10.4 Å². The summed E-state index contributed by atoms with van der Waals surface area (Å²) < 4.78 is 1.10. The van der Waals surface area contributed by atoms with Crippen molar-refractivity contribution in [1.82, 2.24) is 15.1 Å². The lowest BCUT2D eigenvalue weighted by Crippen LogP contribution is -2.42. The molecule has 0 saturated heterocycles. The van der Waals surface area contributed by atoms with E-state index in [2.05, 4.69) is 10.4 Å². The van der Waals surface area contributed by atoms with Crippen LogP contribution >= 0.6 is 0 Å². The zero-order valence-corrected chi connectivity index (χ0v) is 13.5. The van der Waals surface area contributed by atoms with Crippen LogP contribution in [-0.2, 0) is 4.79 Å². The number of para-hydroxylation sites is 1. The number of benzene rings is 1. The summed E-state index contributed by atoms with van der Waals surface area (Å²) in [6.45, 7) is 3.74. The van der Waals surface area contributed by atoms with E-state index in [0.717, 1.165) is 4.68 Å². The molecule has 2 N–H and O–H groups in total. The maximum absolute atomic E-state index is 12.3. The predicted molar refractivity (Wildman–Crippen MR) is 88.2 cm³/mol. The third-order valence-corrected chi connectivity index (χ3v) is 3.34. The number of nitrogens with zero attached hydrogens (tertiary/aromatic N) is 2. The van der Waals surface area contributed by atoms with E-state index in [1.807, 2.05) is 13.8 Å². The Balaban J connectivity index is 2.27. The van der Waals surface area contributed by atoms with Crippen LogP contribution in [-0.4, -0.2) is 32.8 Å². The number of aromatic nitrogens is 2. The number of aliphatic carboxylic acids is 1. The molecule has 1 aromatic heterocycles. The molecule has 0 radical (unpaired) electrons. The van der Waals surface area contributed by atoms with Crippen molar-refractivity contribution in [2.75, 3.05) is 0 Å². The number of carbonyl (C=O) groups is 2. The number of nitrogens with one attached hydrogen (secondary N) is 1. The van der Waals surface area contributed by atoms with E-state index < -0.39 is 17.9 Å². The van der Waals surface area contributed by atoms with Crippen LogP contribution in [0.25, 0.3) is 5.69 Å². The number of hydrogen-bond donors (Lipinski definition) is 2. The molecule has 1 heterocycles. The van der Waals surface area contributed by atoms with Gasteiger partial charge in [0.05, 0.1) is 5.69 Å². The summed E-state index contributed by atoms with van der Waals surface area (Å²) in [5.74, 6) is -1.63. The fourth-order valence-corrected chi connectivity index (χ4v) is 2.21. The second kappa shape index (κ2) is 7.54. The summed E-state index contributed by atoms with van der Waals surface area (Å²) in [5.41, 5.74) is 0.122. The quantitative estimate of drug-likeness (QED) is 0.835. The van der Waals surface area contributed by atoms with Gasteiger partial charge in [-0.2, -0.15) is 9.78 Å². The Morgan fingerprint density at radius 3 is 2.42 bits per heavy atom. The molecule has 0 bridgehead atoms. The van der Waals surface area contributed by atoms with Crippen molar-refractivity contribution in [3.63, 3.8) is 0 Å². The second-order valence-electron chi connectivity index (χ2n) is 5.80. The van der Waals surface area contributed by atoms with Gasteiger partial charge in [-0.15, -0.1) is 0 Å². The molecule has 0 unspecified atom stereocenters. The molecule has 1 aromatic carbocycles. The highest BCUT2D eigenvalue weighted by molar-refractivity contribution is 5.94. The Bertz CT molecular complexity index is 784. The fourth-order valence-electron chi connectivity index (χ4n) is 2.21. The third kappa shape index (κ3) is 4.28. The topological polar surface area (TPSA) is 101 Å². The van der Waals surface area contributed by atoms with Crippen LogP contribution in [0.15, 0.2) is 47.3 Å². The lowest BCUT2D eigenvalue weighted by molar-refractivity contribution is -0.139. The Hall–Kier alpha value is -2.96. The Kier molecular flexibility index (Phi) is 5.47. The summed E-state index contributed by atoms with van der Waals surface area (Å²) >= 11 is 0. The maximum atomic E-state index is 12.3. The SMILES string of the molecule is CC(C)C[C@H](NC(=O)c1ccc(=O)n(-c2ccccc2)n1)C(=O)O. The molecule has 0 spiro atoms. The molecule has 0 aliphatic heterocycles. The molecular formula is C17H19N3O4. The number of carboxylic acid groups (broad SMARTS) is 1.